The molecule has 2 N–H and O–H groups in total. The van der Waals surface area contributed by atoms with Gasteiger partial charge in [0.15, 0.2) is 0 Å². The van der Waals surface area contributed by atoms with E-state index in [-0.39, 0.29) is 6.04 Å². The number of nitrogens with zero attached hydrogens (tertiary/aromatic N) is 2. The fourth-order valence-electron chi connectivity index (χ4n) is 0.990. The Bertz CT molecular complexity index is 221. The number of hydrogen-bond donors (Lipinski definition) is 1. The van der Waals surface area contributed by atoms with Gasteiger partial charge in [0.25, 0.3) is 0 Å². The predicted molar refractivity (Wildman–Crippen MR) is 42.0 cm³/mol. The molecule has 4 heteroatoms. The van der Waals surface area contributed by atoms with Crippen LogP contribution in [0.25, 0.3) is 0 Å². The molecule has 1 rings (SSSR count). The van der Waals surface area contributed by atoms with E-state index in [2.05, 4.69) is 4.98 Å². The molecule has 1 aromatic heterocycles. The summed E-state index contributed by atoms with van der Waals surface area (Å²) in [4.78, 5) is 3.95. The SMILES string of the molecule is COCC(N)c1cncn1C. The fourth-order valence-corrected chi connectivity index (χ4v) is 0.990. The summed E-state index contributed by atoms with van der Waals surface area (Å²) in [6.07, 6.45) is 3.48. The van der Waals surface area contributed by atoms with Gasteiger partial charge >= 0.3 is 0 Å². The number of methoxy groups -OCH3 is 1. The fraction of sp³-hybridized carbons (Fsp3) is 0.571. The summed E-state index contributed by atoms with van der Waals surface area (Å²) >= 11 is 0. The number of hydrogen-bond acceptors (Lipinski definition) is 3. The Hall–Kier alpha value is -0.870. The van der Waals surface area contributed by atoms with Gasteiger partial charge < -0.3 is 15.0 Å². The van der Waals surface area contributed by atoms with Gasteiger partial charge in [-0.15, -0.1) is 0 Å². The molecule has 62 valence electrons. The van der Waals surface area contributed by atoms with Gasteiger partial charge in [0.05, 0.1) is 24.7 Å². The molecule has 0 fully saturated rings. The van der Waals surface area contributed by atoms with Crippen LogP contribution in [0.2, 0.25) is 0 Å². The highest BCUT2D eigenvalue weighted by Crippen LogP contribution is 2.07. The van der Waals surface area contributed by atoms with Crippen molar-refractivity contribution in [2.24, 2.45) is 12.8 Å². The summed E-state index contributed by atoms with van der Waals surface area (Å²) in [7, 11) is 3.55. The first-order valence-electron chi connectivity index (χ1n) is 3.46. The van der Waals surface area contributed by atoms with Crippen LogP contribution < -0.4 is 5.73 Å². The molecule has 0 spiro atoms. The quantitative estimate of drug-likeness (QED) is 0.671. The summed E-state index contributed by atoms with van der Waals surface area (Å²) in [5.41, 5.74) is 6.76. The number of aromatic nitrogens is 2. The van der Waals surface area contributed by atoms with Crippen LogP contribution in [0.4, 0.5) is 0 Å². The minimum atomic E-state index is -0.0764. The van der Waals surface area contributed by atoms with Crippen LogP contribution in [0.5, 0.6) is 0 Å². The smallest absolute Gasteiger partial charge is 0.0946 e. The third-order valence-corrected chi connectivity index (χ3v) is 1.58. The molecular formula is C7H13N3O. The summed E-state index contributed by atoms with van der Waals surface area (Å²) in [5.74, 6) is 0. The highest BCUT2D eigenvalue weighted by molar-refractivity contribution is 5.03. The van der Waals surface area contributed by atoms with E-state index in [0.717, 1.165) is 5.69 Å². The maximum absolute atomic E-state index is 5.76. The van der Waals surface area contributed by atoms with Crippen molar-refractivity contribution in [1.29, 1.82) is 0 Å². The van der Waals surface area contributed by atoms with Crippen LogP contribution in [0.3, 0.4) is 0 Å². The number of imidazole rings is 1. The lowest BCUT2D eigenvalue weighted by atomic mass is 10.2. The van der Waals surface area contributed by atoms with E-state index in [1.54, 1.807) is 19.6 Å². The summed E-state index contributed by atoms with van der Waals surface area (Å²) < 4.78 is 6.81. The molecule has 1 aromatic rings. The summed E-state index contributed by atoms with van der Waals surface area (Å²) in [5, 5.41) is 0. The normalized spacial score (nSPS) is 13.4. The number of nitrogens with two attached hydrogens (primary N) is 1. The van der Waals surface area contributed by atoms with Gasteiger partial charge in [-0.2, -0.15) is 0 Å². The van der Waals surface area contributed by atoms with Gasteiger partial charge in [-0.25, -0.2) is 4.98 Å². The Balaban J connectivity index is 2.67. The second-order valence-corrected chi connectivity index (χ2v) is 2.49. The molecule has 0 aliphatic carbocycles. The first kappa shape index (κ1) is 8.23. The Kier molecular flexibility index (Phi) is 2.62. The van der Waals surface area contributed by atoms with Crippen LogP contribution in [0, 0.1) is 0 Å². The van der Waals surface area contributed by atoms with E-state index in [1.165, 1.54) is 0 Å². The van der Waals surface area contributed by atoms with Gasteiger partial charge in [0, 0.05) is 20.4 Å². The largest absolute Gasteiger partial charge is 0.383 e. The molecule has 0 aliphatic rings. The van der Waals surface area contributed by atoms with Gasteiger partial charge in [0.2, 0.25) is 0 Å². The van der Waals surface area contributed by atoms with Crippen LogP contribution in [-0.4, -0.2) is 23.3 Å². The molecule has 0 saturated carbocycles. The van der Waals surface area contributed by atoms with Crippen molar-refractivity contribution in [2.45, 2.75) is 6.04 Å². The molecule has 1 atom stereocenters. The lowest BCUT2D eigenvalue weighted by Gasteiger charge is -2.09. The van der Waals surface area contributed by atoms with Crippen LogP contribution >= 0.6 is 0 Å². The molecule has 0 saturated heterocycles. The zero-order valence-corrected chi connectivity index (χ0v) is 6.82. The van der Waals surface area contributed by atoms with Crippen LogP contribution in [-0.2, 0) is 11.8 Å². The lowest BCUT2D eigenvalue weighted by molar-refractivity contribution is 0.178. The summed E-state index contributed by atoms with van der Waals surface area (Å²) in [6.45, 7) is 0.527. The third-order valence-electron chi connectivity index (χ3n) is 1.58. The Morgan fingerprint density at radius 2 is 2.55 bits per heavy atom. The second kappa shape index (κ2) is 3.50. The predicted octanol–water partition coefficient (Wildman–Crippen LogP) is 0.0663. The van der Waals surface area contributed by atoms with Crippen molar-refractivity contribution in [1.82, 2.24) is 9.55 Å². The molecule has 0 aromatic carbocycles. The first-order valence-corrected chi connectivity index (χ1v) is 3.46. The van der Waals surface area contributed by atoms with E-state index in [0.29, 0.717) is 6.61 Å². The highest BCUT2D eigenvalue weighted by Gasteiger charge is 2.07. The maximum atomic E-state index is 5.76. The average Bonchev–Trinajstić information content (AvgIpc) is 2.36. The highest BCUT2D eigenvalue weighted by atomic mass is 16.5. The van der Waals surface area contributed by atoms with Gasteiger partial charge in [-0.3, -0.25) is 0 Å². The molecule has 1 heterocycles. The van der Waals surface area contributed by atoms with Crippen LogP contribution in [0.1, 0.15) is 11.7 Å². The topological polar surface area (TPSA) is 53.1 Å². The van der Waals surface area contributed by atoms with Crippen LogP contribution in [0.15, 0.2) is 12.5 Å². The zero-order valence-electron chi connectivity index (χ0n) is 6.82. The monoisotopic (exact) mass is 155 g/mol. The van der Waals surface area contributed by atoms with Crippen molar-refractivity contribution < 1.29 is 4.74 Å². The Morgan fingerprint density at radius 1 is 1.82 bits per heavy atom. The number of rotatable bonds is 3. The molecular weight excluding hydrogens is 142 g/mol. The summed E-state index contributed by atoms with van der Waals surface area (Å²) in [6, 6.07) is -0.0764. The molecule has 0 amide bonds. The van der Waals surface area contributed by atoms with E-state index in [1.807, 2.05) is 11.6 Å². The molecule has 0 bridgehead atoms. The van der Waals surface area contributed by atoms with Gasteiger partial charge in [0.1, 0.15) is 0 Å². The zero-order chi connectivity index (χ0) is 8.27. The van der Waals surface area contributed by atoms with Gasteiger partial charge in [-0.1, -0.05) is 0 Å². The lowest BCUT2D eigenvalue weighted by Crippen LogP contribution is -2.18. The molecule has 0 aliphatic heterocycles. The maximum Gasteiger partial charge on any atom is 0.0946 e. The van der Waals surface area contributed by atoms with Crippen molar-refractivity contribution >= 4 is 0 Å². The van der Waals surface area contributed by atoms with Crippen molar-refractivity contribution in [3.05, 3.63) is 18.2 Å². The average molecular weight is 155 g/mol. The minimum absolute atomic E-state index is 0.0764. The van der Waals surface area contributed by atoms with Crippen molar-refractivity contribution in [3.63, 3.8) is 0 Å². The van der Waals surface area contributed by atoms with Gasteiger partial charge in [-0.05, 0) is 0 Å². The molecule has 4 nitrogen and oxygen atoms in total. The van der Waals surface area contributed by atoms with E-state index < -0.39 is 0 Å². The molecule has 1 unspecified atom stereocenters. The second-order valence-electron chi connectivity index (χ2n) is 2.49. The third kappa shape index (κ3) is 1.78. The Labute approximate surface area is 66.0 Å². The van der Waals surface area contributed by atoms with E-state index >= 15 is 0 Å². The van der Waals surface area contributed by atoms with E-state index in [9.17, 15) is 0 Å². The van der Waals surface area contributed by atoms with E-state index in [4.69, 9.17) is 10.5 Å². The molecule has 0 radical (unpaired) electrons. The Morgan fingerprint density at radius 3 is 3.00 bits per heavy atom. The minimum Gasteiger partial charge on any atom is -0.383 e. The number of aryl methyl sites for hydroxylation is 1. The number of ether oxygens (including phenoxy) is 1. The standard InChI is InChI=1S/C7H13N3O/c1-10-5-9-3-7(10)6(8)4-11-2/h3,5-6H,4,8H2,1-2H3. The molecule has 11 heavy (non-hydrogen) atoms. The first-order chi connectivity index (χ1) is 5.25. The van der Waals surface area contributed by atoms with Crippen molar-refractivity contribution in [3.8, 4) is 0 Å². The van der Waals surface area contributed by atoms with Crippen molar-refractivity contribution in [2.75, 3.05) is 13.7 Å².